The summed E-state index contributed by atoms with van der Waals surface area (Å²) in [5, 5.41) is 0. The lowest BCUT2D eigenvalue weighted by Crippen LogP contribution is -2.21. The maximum absolute atomic E-state index is 5.85. The van der Waals surface area contributed by atoms with Crippen molar-refractivity contribution in [2.45, 2.75) is 13.3 Å². The Morgan fingerprint density at radius 3 is 2.50 bits per heavy atom. The average Bonchev–Trinajstić information content (AvgIpc) is 2.40. The second-order valence-electron chi connectivity index (χ2n) is 4.70. The third-order valence-electron chi connectivity index (χ3n) is 3.22. The molecule has 2 aromatic rings. The van der Waals surface area contributed by atoms with E-state index in [1.165, 1.54) is 16.8 Å². The molecular weight excluding hydrogens is 220 g/mol. The fourth-order valence-corrected chi connectivity index (χ4v) is 2.10. The van der Waals surface area contributed by atoms with Gasteiger partial charge in [-0.15, -0.1) is 0 Å². The van der Waals surface area contributed by atoms with Crippen LogP contribution in [0.5, 0.6) is 0 Å². The van der Waals surface area contributed by atoms with Crippen molar-refractivity contribution in [3.63, 3.8) is 0 Å². The highest BCUT2D eigenvalue weighted by atomic mass is 15.1. The molecule has 0 saturated heterocycles. The molecule has 0 radical (unpaired) electrons. The van der Waals surface area contributed by atoms with Crippen LogP contribution in [0.1, 0.15) is 11.1 Å². The molecule has 0 saturated carbocycles. The van der Waals surface area contributed by atoms with Crippen LogP contribution >= 0.6 is 0 Å². The number of nitrogens with two attached hydrogens (primary N) is 1. The van der Waals surface area contributed by atoms with Gasteiger partial charge < -0.3 is 10.6 Å². The Balaban J connectivity index is 2.03. The van der Waals surface area contributed by atoms with Gasteiger partial charge in [0.15, 0.2) is 0 Å². The highest BCUT2D eigenvalue weighted by molar-refractivity contribution is 5.60. The van der Waals surface area contributed by atoms with E-state index in [4.69, 9.17) is 5.73 Å². The van der Waals surface area contributed by atoms with Gasteiger partial charge in [0.2, 0.25) is 0 Å². The fraction of sp³-hybridized carbons (Fsp3) is 0.250. The van der Waals surface area contributed by atoms with Crippen LogP contribution < -0.4 is 10.6 Å². The zero-order valence-electron chi connectivity index (χ0n) is 11.1. The molecule has 0 bridgehead atoms. The Morgan fingerprint density at radius 1 is 1.06 bits per heavy atom. The highest BCUT2D eigenvalue weighted by Crippen LogP contribution is 2.21. The Hall–Kier alpha value is -1.96. The van der Waals surface area contributed by atoms with Gasteiger partial charge in [-0.05, 0) is 36.6 Å². The zero-order chi connectivity index (χ0) is 13.0. The zero-order valence-corrected chi connectivity index (χ0v) is 11.1. The fourth-order valence-electron chi connectivity index (χ4n) is 2.10. The number of nitrogen functional groups attached to an aromatic ring is 1. The average molecular weight is 240 g/mol. The molecule has 2 N–H and O–H groups in total. The molecule has 0 aliphatic carbocycles. The quantitative estimate of drug-likeness (QED) is 0.831. The van der Waals surface area contributed by atoms with Crippen molar-refractivity contribution in [2.75, 3.05) is 24.2 Å². The second-order valence-corrected chi connectivity index (χ2v) is 4.70. The first kappa shape index (κ1) is 12.5. The number of aryl methyl sites for hydroxylation is 1. The smallest absolute Gasteiger partial charge is 0.0414 e. The largest absolute Gasteiger partial charge is 0.399 e. The molecule has 0 atom stereocenters. The van der Waals surface area contributed by atoms with E-state index < -0.39 is 0 Å². The molecule has 0 aliphatic heterocycles. The molecule has 0 heterocycles. The number of nitrogens with zero attached hydrogens (tertiary/aromatic N) is 1. The first-order valence-electron chi connectivity index (χ1n) is 6.28. The minimum Gasteiger partial charge on any atom is -0.399 e. The molecule has 2 rings (SSSR count). The normalized spacial score (nSPS) is 10.3. The van der Waals surface area contributed by atoms with Gasteiger partial charge in [0.1, 0.15) is 0 Å². The molecule has 0 fully saturated rings. The number of likely N-dealkylation sites (N-methyl/N-ethyl adjacent to an activating group) is 1. The van der Waals surface area contributed by atoms with Gasteiger partial charge in [-0.3, -0.25) is 0 Å². The Bertz CT molecular complexity index is 506. The number of anilines is 2. The minimum absolute atomic E-state index is 0.821. The topological polar surface area (TPSA) is 29.3 Å². The van der Waals surface area contributed by atoms with Crippen molar-refractivity contribution < 1.29 is 0 Å². The van der Waals surface area contributed by atoms with Crippen LogP contribution in [0.3, 0.4) is 0 Å². The maximum Gasteiger partial charge on any atom is 0.0414 e. The van der Waals surface area contributed by atoms with E-state index in [1.54, 1.807) is 0 Å². The van der Waals surface area contributed by atoms with Crippen molar-refractivity contribution in [2.24, 2.45) is 0 Å². The number of rotatable bonds is 4. The summed E-state index contributed by atoms with van der Waals surface area (Å²) in [6.07, 6.45) is 1.05. The third-order valence-corrected chi connectivity index (χ3v) is 3.22. The van der Waals surface area contributed by atoms with Crippen molar-refractivity contribution in [3.05, 3.63) is 59.7 Å². The summed E-state index contributed by atoms with van der Waals surface area (Å²) in [5.41, 5.74) is 10.5. The molecule has 0 amide bonds. The summed E-state index contributed by atoms with van der Waals surface area (Å²) in [5.74, 6) is 0. The lowest BCUT2D eigenvalue weighted by atomic mass is 10.1. The molecule has 2 aromatic carbocycles. The lowest BCUT2D eigenvalue weighted by Gasteiger charge is -2.22. The van der Waals surface area contributed by atoms with E-state index in [0.717, 1.165) is 18.7 Å². The van der Waals surface area contributed by atoms with Gasteiger partial charge in [-0.2, -0.15) is 0 Å². The standard InChI is InChI=1S/C16H20N2/c1-13-8-9-15(17)12-16(13)18(2)11-10-14-6-4-3-5-7-14/h3-9,12H,10-11,17H2,1-2H3. The van der Waals surface area contributed by atoms with E-state index >= 15 is 0 Å². The predicted molar refractivity (Wildman–Crippen MR) is 79.0 cm³/mol. The molecule has 2 nitrogen and oxygen atoms in total. The molecule has 0 aromatic heterocycles. The number of hydrogen-bond acceptors (Lipinski definition) is 2. The lowest BCUT2D eigenvalue weighted by molar-refractivity contribution is 0.873. The first-order chi connectivity index (χ1) is 8.66. The van der Waals surface area contributed by atoms with E-state index in [0.29, 0.717) is 0 Å². The molecule has 0 aliphatic rings. The van der Waals surface area contributed by atoms with Gasteiger partial charge in [0.25, 0.3) is 0 Å². The predicted octanol–water partition coefficient (Wildman–Crippen LogP) is 3.26. The summed E-state index contributed by atoms with van der Waals surface area (Å²) in [6, 6.07) is 16.6. The van der Waals surface area contributed by atoms with E-state index in [1.807, 2.05) is 12.1 Å². The van der Waals surface area contributed by atoms with Crippen LogP contribution in [0.25, 0.3) is 0 Å². The van der Waals surface area contributed by atoms with E-state index in [-0.39, 0.29) is 0 Å². The number of hydrogen-bond donors (Lipinski definition) is 1. The van der Waals surface area contributed by atoms with Crippen LogP contribution in [0.4, 0.5) is 11.4 Å². The Kier molecular flexibility index (Phi) is 3.88. The number of benzene rings is 2. The monoisotopic (exact) mass is 240 g/mol. The molecular formula is C16H20N2. The van der Waals surface area contributed by atoms with E-state index in [9.17, 15) is 0 Å². The van der Waals surface area contributed by atoms with Crippen molar-refractivity contribution in [1.29, 1.82) is 0 Å². The molecule has 0 spiro atoms. The van der Waals surface area contributed by atoms with Crippen molar-refractivity contribution in [1.82, 2.24) is 0 Å². The van der Waals surface area contributed by atoms with Crippen molar-refractivity contribution >= 4 is 11.4 Å². The Labute approximate surface area is 109 Å². The highest BCUT2D eigenvalue weighted by Gasteiger charge is 2.05. The molecule has 0 unspecified atom stereocenters. The van der Waals surface area contributed by atoms with Crippen LogP contribution in [-0.2, 0) is 6.42 Å². The summed E-state index contributed by atoms with van der Waals surface area (Å²) in [4.78, 5) is 2.26. The van der Waals surface area contributed by atoms with Gasteiger partial charge in [0.05, 0.1) is 0 Å². The molecule has 2 heteroatoms. The van der Waals surface area contributed by atoms with Gasteiger partial charge >= 0.3 is 0 Å². The van der Waals surface area contributed by atoms with Gasteiger partial charge in [-0.25, -0.2) is 0 Å². The van der Waals surface area contributed by atoms with Gasteiger partial charge in [-0.1, -0.05) is 36.4 Å². The summed E-state index contributed by atoms with van der Waals surface area (Å²) in [7, 11) is 2.12. The summed E-state index contributed by atoms with van der Waals surface area (Å²) >= 11 is 0. The maximum atomic E-state index is 5.85. The van der Waals surface area contributed by atoms with Crippen LogP contribution in [0.2, 0.25) is 0 Å². The second kappa shape index (κ2) is 5.58. The van der Waals surface area contributed by atoms with Crippen LogP contribution in [-0.4, -0.2) is 13.6 Å². The molecule has 18 heavy (non-hydrogen) atoms. The van der Waals surface area contributed by atoms with Crippen LogP contribution in [0.15, 0.2) is 48.5 Å². The Morgan fingerprint density at radius 2 is 1.78 bits per heavy atom. The van der Waals surface area contributed by atoms with E-state index in [2.05, 4.69) is 55.3 Å². The first-order valence-corrected chi connectivity index (χ1v) is 6.28. The summed E-state index contributed by atoms with van der Waals surface area (Å²) in [6.45, 7) is 3.11. The minimum atomic E-state index is 0.821. The molecule has 94 valence electrons. The summed E-state index contributed by atoms with van der Waals surface area (Å²) < 4.78 is 0. The van der Waals surface area contributed by atoms with Crippen LogP contribution in [0, 0.1) is 6.92 Å². The SMILES string of the molecule is Cc1ccc(N)cc1N(C)CCc1ccccc1. The third kappa shape index (κ3) is 3.04. The van der Waals surface area contributed by atoms with Gasteiger partial charge in [0, 0.05) is 25.0 Å². The van der Waals surface area contributed by atoms with Crippen molar-refractivity contribution in [3.8, 4) is 0 Å².